The van der Waals surface area contributed by atoms with E-state index in [2.05, 4.69) is 5.10 Å². The first-order valence-corrected chi connectivity index (χ1v) is 10.6. The number of amides is 2. The number of halogens is 2. The van der Waals surface area contributed by atoms with Crippen molar-refractivity contribution in [2.75, 3.05) is 19.7 Å². The Morgan fingerprint density at radius 1 is 1.23 bits per heavy atom. The molecule has 2 aliphatic heterocycles. The van der Waals surface area contributed by atoms with Crippen LogP contribution in [0, 0.1) is 11.6 Å². The van der Waals surface area contributed by atoms with Gasteiger partial charge in [-0.1, -0.05) is 42.1 Å². The second-order valence-corrected chi connectivity index (χ2v) is 8.32. The maximum Gasteiger partial charge on any atom is 0.366 e. The number of hydrazone groups is 1. The van der Waals surface area contributed by atoms with Crippen molar-refractivity contribution in [2.45, 2.75) is 24.1 Å². The molecule has 0 aliphatic carbocycles. The topological polar surface area (TPSA) is 71.2 Å². The van der Waals surface area contributed by atoms with Crippen LogP contribution in [0.15, 0.2) is 53.6 Å². The van der Waals surface area contributed by atoms with Gasteiger partial charge >= 0.3 is 6.03 Å². The molecule has 1 saturated heterocycles. The van der Waals surface area contributed by atoms with Crippen molar-refractivity contribution in [3.05, 3.63) is 71.3 Å². The van der Waals surface area contributed by atoms with Crippen LogP contribution in [0.5, 0.6) is 0 Å². The average molecular weight is 432 g/mol. The molecule has 30 heavy (non-hydrogen) atoms. The van der Waals surface area contributed by atoms with Gasteiger partial charge < -0.3 is 5.73 Å². The fourth-order valence-corrected chi connectivity index (χ4v) is 5.00. The zero-order valence-corrected chi connectivity index (χ0v) is 17.1. The molecule has 2 aromatic carbocycles. The predicted molar refractivity (Wildman–Crippen MR) is 111 cm³/mol. The molecule has 2 aromatic rings. The average Bonchev–Trinajstić information content (AvgIpc) is 3.43. The quantitative estimate of drug-likeness (QED) is 0.775. The molecule has 4 rings (SSSR count). The van der Waals surface area contributed by atoms with Crippen molar-refractivity contribution in [3.63, 3.8) is 0 Å². The highest BCUT2D eigenvalue weighted by Crippen LogP contribution is 2.51. The van der Waals surface area contributed by atoms with Crippen molar-refractivity contribution >= 4 is 22.8 Å². The molecule has 2 amide bonds. The maximum atomic E-state index is 14.5. The van der Waals surface area contributed by atoms with Crippen LogP contribution in [0.4, 0.5) is 13.6 Å². The second kappa shape index (κ2) is 8.71. The zero-order chi connectivity index (χ0) is 21.1. The van der Waals surface area contributed by atoms with Gasteiger partial charge in [0.05, 0.1) is 13.2 Å². The Labute approximate surface area is 177 Å². The van der Waals surface area contributed by atoms with E-state index in [1.165, 1.54) is 21.8 Å². The van der Waals surface area contributed by atoms with Crippen LogP contribution in [0.25, 0.3) is 0 Å². The standard InChI is InChI=1S/C21H22F2N4O2S/c22-16-8-9-18(23)17(14-16)19-25-27(20(28)26-12-5-13-29-26)21(30-19,10-4-11-24)15-6-2-1-3-7-15/h1-3,6-9,14H,4-5,10-13,24H2. The summed E-state index contributed by atoms with van der Waals surface area (Å²) in [4.78, 5) is 17.8. The molecule has 0 saturated carbocycles. The lowest BCUT2D eigenvalue weighted by molar-refractivity contribution is -0.0816. The van der Waals surface area contributed by atoms with Gasteiger partial charge in [-0.3, -0.25) is 4.84 Å². The van der Waals surface area contributed by atoms with Crippen molar-refractivity contribution in [1.82, 2.24) is 10.1 Å². The molecule has 2 heterocycles. The molecule has 0 radical (unpaired) electrons. The monoisotopic (exact) mass is 432 g/mol. The van der Waals surface area contributed by atoms with Gasteiger partial charge in [-0.15, -0.1) is 0 Å². The highest BCUT2D eigenvalue weighted by atomic mass is 32.2. The first-order valence-electron chi connectivity index (χ1n) is 9.78. The highest BCUT2D eigenvalue weighted by molar-refractivity contribution is 8.15. The Kier molecular flexibility index (Phi) is 6.03. The summed E-state index contributed by atoms with van der Waals surface area (Å²) in [7, 11) is 0. The molecule has 1 unspecified atom stereocenters. The van der Waals surface area contributed by atoms with Crippen LogP contribution in [0.2, 0.25) is 0 Å². The van der Waals surface area contributed by atoms with E-state index < -0.39 is 22.5 Å². The summed E-state index contributed by atoms with van der Waals surface area (Å²) in [5, 5.41) is 7.33. The van der Waals surface area contributed by atoms with E-state index in [1.807, 2.05) is 30.3 Å². The smallest absolute Gasteiger partial charge is 0.330 e. The van der Waals surface area contributed by atoms with Gasteiger partial charge in [-0.2, -0.15) is 10.1 Å². The molecule has 9 heteroatoms. The van der Waals surface area contributed by atoms with E-state index >= 15 is 0 Å². The van der Waals surface area contributed by atoms with E-state index in [0.717, 1.165) is 30.2 Å². The van der Waals surface area contributed by atoms with Gasteiger partial charge in [-0.25, -0.2) is 18.6 Å². The van der Waals surface area contributed by atoms with Crippen LogP contribution in [-0.2, 0) is 9.71 Å². The summed E-state index contributed by atoms with van der Waals surface area (Å²) in [6.45, 7) is 1.31. The van der Waals surface area contributed by atoms with E-state index in [-0.39, 0.29) is 10.6 Å². The number of hydroxylamine groups is 2. The number of urea groups is 1. The number of carbonyl (C=O) groups excluding carboxylic acids is 1. The van der Waals surface area contributed by atoms with Gasteiger partial charge in [0.25, 0.3) is 0 Å². The summed E-state index contributed by atoms with van der Waals surface area (Å²) >= 11 is 1.23. The number of hydrogen-bond donors (Lipinski definition) is 1. The largest absolute Gasteiger partial charge is 0.366 e. The number of carbonyl (C=O) groups is 1. The number of nitrogens with zero attached hydrogens (tertiary/aromatic N) is 3. The Morgan fingerprint density at radius 3 is 2.73 bits per heavy atom. The number of benzene rings is 2. The lowest BCUT2D eigenvalue weighted by Crippen LogP contribution is -2.47. The van der Waals surface area contributed by atoms with E-state index in [4.69, 9.17) is 10.6 Å². The number of hydrogen-bond acceptors (Lipinski definition) is 5. The van der Waals surface area contributed by atoms with Crippen molar-refractivity contribution in [1.29, 1.82) is 0 Å². The van der Waals surface area contributed by atoms with Crippen LogP contribution >= 0.6 is 11.8 Å². The molecular formula is C21H22F2N4O2S. The highest BCUT2D eigenvalue weighted by Gasteiger charge is 2.50. The lowest BCUT2D eigenvalue weighted by Gasteiger charge is -2.37. The van der Waals surface area contributed by atoms with Gasteiger partial charge in [0, 0.05) is 5.56 Å². The molecular weight excluding hydrogens is 410 g/mol. The van der Waals surface area contributed by atoms with Crippen LogP contribution in [0.1, 0.15) is 30.4 Å². The summed E-state index contributed by atoms with van der Waals surface area (Å²) in [5.74, 6) is -1.18. The molecule has 6 nitrogen and oxygen atoms in total. The lowest BCUT2D eigenvalue weighted by atomic mass is 10.0. The fourth-order valence-electron chi connectivity index (χ4n) is 3.59. The summed E-state index contributed by atoms with van der Waals surface area (Å²) in [6, 6.07) is 12.2. The number of rotatable bonds is 5. The molecule has 0 aromatic heterocycles. The SMILES string of the molecule is NCCCC1(c2ccccc2)SC(c2cc(F)ccc2F)=NN1C(=O)N1CCCO1. The predicted octanol–water partition coefficient (Wildman–Crippen LogP) is 4.02. The number of thioether (sulfide) groups is 1. The second-order valence-electron chi connectivity index (χ2n) is 7.06. The van der Waals surface area contributed by atoms with Crippen molar-refractivity contribution in [2.24, 2.45) is 10.8 Å². The summed E-state index contributed by atoms with van der Waals surface area (Å²) < 4.78 is 28.4. The fraction of sp³-hybridized carbons (Fsp3) is 0.333. The van der Waals surface area contributed by atoms with Gasteiger partial charge in [0.15, 0.2) is 0 Å². The van der Waals surface area contributed by atoms with Gasteiger partial charge in [-0.05, 0) is 49.6 Å². The Morgan fingerprint density at radius 2 is 2.03 bits per heavy atom. The molecule has 2 aliphatic rings. The third-order valence-corrected chi connectivity index (χ3v) is 6.49. The summed E-state index contributed by atoms with van der Waals surface area (Å²) in [5.41, 5.74) is 6.63. The van der Waals surface area contributed by atoms with Gasteiger partial charge in [0.2, 0.25) is 0 Å². The minimum Gasteiger partial charge on any atom is -0.330 e. The van der Waals surface area contributed by atoms with Crippen molar-refractivity contribution in [3.8, 4) is 0 Å². The van der Waals surface area contributed by atoms with Crippen molar-refractivity contribution < 1.29 is 18.4 Å². The Hall–Kier alpha value is -2.49. The first-order chi connectivity index (χ1) is 14.5. The third-order valence-electron chi connectivity index (χ3n) is 5.05. The minimum atomic E-state index is -0.947. The molecule has 2 N–H and O–H groups in total. The Bertz CT molecular complexity index is 953. The van der Waals surface area contributed by atoms with E-state index in [1.54, 1.807) is 0 Å². The summed E-state index contributed by atoms with van der Waals surface area (Å²) in [6.07, 6.45) is 1.83. The molecule has 158 valence electrons. The van der Waals surface area contributed by atoms with Crippen LogP contribution < -0.4 is 5.73 Å². The van der Waals surface area contributed by atoms with Gasteiger partial charge in [0.1, 0.15) is 21.5 Å². The molecule has 0 bridgehead atoms. The maximum absolute atomic E-state index is 14.5. The number of nitrogens with two attached hydrogens (primary N) is 1. The Balaban J connectivity index is 1.82. The first kappa shape index (κ1) is 20.8. The molecule has 1 fully saturated rings. The minimum absolute atomic E-state index is 0.0192. The van der Waals surface area contributed by atoms with Crippen LogP contribution in [-0.4, -0.2) is 40.8 Å². The normalized spacial score (nSPS) is 21.2. The van der Waals surface area contributed by atoms with E-state index in [9.17, 15) is 13.6 Å². The molecule has 1 atom stereocenters. The molecule has 0 spiro atoms. The zero-order valence-electron chi connectivity index (χ0n) is 16.3. The third kappa shape index (κ3) is 3.80. The van der Waals surface area contributed by atoms with Crippen LogP contribution in [0.3, 0.4) is 0 Å². The van der Waals surface area contributed by atoms with E-state index in [0.29, 0.717) is 32.5 Å².